The topological polar surface area (TPSA) is 56.0 Å². The first-order valence-corrected chi connectivity index (χ1v) is 7.19. The summed E-state index contributed by atoms with van der Waals surface area (Å²) in [6, 6.07) is 5.90. The van der Waals surface area contributed by atoms with E-state index in [1.54, 1.807) is 0 Å². The van der Waals surface area contributed by atoms with Crippen LogP contribution in [0.2, 0.25) is 0 Å². The highest BCUT2D eigenvalue weighted by Crippen LogP contribution is 2.27. The van der Waals surface area contributed by atoms with Crippen molar-refractivity contribution in [1.29, 1.82) is 0 Å². The Morgan fingerprint density at radius 1 is 1.35 bits per heavy atom. The Bertz CT molecular complexity index is 642. The standard InChI is InChI=1S/C15H17BrN2O2/c1-9-5-6-10(11(16)7-9)14-17-13(20-18-14)8-12(19)15(2,3)4/h5-7H,8H2,1-4H3. The van der Waals surface area contributed by atoms with Crippen molar-refractivity contribution < 1.29 is 9.32 Å². The van der Waals surface area contributed by atoms with Crippen molar-refractivity contribution in [2.24, 2.45) is 5.41 Å². The smallest absolute Gasteiger partial charge is 0.234 e. The van der Waals surface area contributed by atoms with Crippen LogP contribution < -0.4 is 0 Å². The Hall–Kier alpha value is -1.49. The zero-order chi connectivity index (χ0) is 14.9. The summed E-state index contributed by atoms with van der Waals surface area (Å²) in [4.78, 5) is 16.3. The predicted molar refractivity (Wildman–Crippen MR) is 80.3 cm³/mol. The molecule has 4 nitrogen and oxygen atoms in total. The maximum absolute atomic E-state index is 12.0. The van der Waals surface area contributed by atoms with Gasteiger partial charge in [-0.2, -0.15) is 4.98 Å². The monoisotopic (exact) mass is 336 g/mol. The first-order valence-electron chi connectivity index (χ1n) is 6.40. The highest BCUT2D eigenvalue weighted by molar-refractivity contribution is 9.10. The molecule has 0 atom stereocenters. The fourth-order valence-electron chi connectivity index (χ4n) is 1.64. The fraction of sp³-hybridized carbons (Fsp3) is 0.400. The predicted octanol–water partition coefficient (Wildman–Crippen LogP) is 3.97. The summed E-state index contributed by atoms with van der Waals surface area (Å²) in [5.74, 6) is 0.927. The Morgan fingerprint density at radius 2 is 2.05 bits per heavy atom. The summed E-state index contributed by atoms with van der Waals surface area (Å²) in [5, 5.41) is 3.94. The number of aromatic nitrogens is 2. The molecule has 0 aliphatic rings. The number of halogens is 1. The lowest BCUT2D eigenvalue weighted by atomic mass is 9.89. The van der Waals surface area contributed by atoms with Crippen LogP contribution in [0.1, 0.15) is 32.2 Å². The van der Waals surface area contributed by atoms with Crippen LogP contribution in [0.15, 0.2) is 27.2 Å². The number of hydrogen-bond acceptors (Lipinski definition) is 4. The van der Waals surface area contributed by atoms with Crippen LogP contribution in [-0.4, -0.2) is 15.9 Å². The van der Waals surface area contributed by atoms with Gasteiger partial charge in [-0.05, 0) is 24.6 Å². The molecule has 0 spiro atoms. The fourth-order valence-corrected chi connectivity index (χ4v) is 2.31. The van der Waals surface area contributed by atoms with Crippen molar-refractivity contribution in [2.45, 2.75) is 34.1 Å². The Balaban J connectivity index is 2.23. The molecule has 0 aliphatic heterocycles. The van der Waals surface area contributed by atoms with E-state index in [1.165, 1.54) is 0 Å². The maximum Gasteiger partial charge on any atom is 0.234 e. The van der Waals surface area contributed by atoms with Gasteiger partial charge in [-0.3, -0.25) is 4.79 Å². The van der Waals surface area contributed by atoms with Gasteiger partial charge in [0.2, 0.25) is 11.7 Å². The van der Waals surface area contributed by atoms with E-state index in [0.29, 0.717) is 11.7 Å². The average molecular weight is 337 g/mol. The van der Waals surface area contributed by atoms with Gasteiger partial charge in [0.1, 0.15) is 5.78 Å². The molecular formula is C15H17BrN2O2. The number of rotatable bonds is 3. The lowest BCUT2D eigenvalue weighted by molar-refractivity contribution is -0.125. The number of carbonyl (C=O) groups excluding carboxylic acids is 1. The molecule has 0 fully saturated rings. The molecule has 106 valence electrons. The first kappa shape index (κ1) is 14.9. The normalized spacial score (nSPS) is 11.7. The number of nitrogens with zero attached hydrogens (tertiary/aromatic N) is 2. The second-order valence-electron chi connectivity index (χ2n) is 5.84. The van der Waals surface area contributed by atoms with Crippen molar-refractivity contribution >= 4 is 21.7 Å². The third kappa shape index (κ3) is 3.33. The zero-order valence-electron chi connectivity index (χ0n) is 12.0. The Morgan fingerprint density at radius 3 is 2.65 bits per heavy atom. The molecule has 0 saturated carbocycles. The maximum atomic E-state index is 12.0. The summed E-state index contributed by atoms with van der Waals surface area (Å²) in [7, 11) is 0. The number of aryl methyl sites for hydroxylation is 1. The molecular weight excluding hydrogens is 320 g/mol. The van der Waals surface area contributed by atoms with Crippen molar-refractivity contribution in [3.63, 3.8) is 0 Å². The van der Waals surface area contributed by atoms with E-state index in [-0.39, 0.29) is 12.2 Å². The molecule has 0 amide bonds. The van der Waals surface area contributed by atoms with Gasteiger partial charge < -0.3 is 4.52 Å². The molecule has 2 aromatic rings. The van der Waals surface area contributed by atoms with Crippen LogP contribution in [0.5, 0.6) is 0 Å². The summed E-state index contributed by atoms with van der Waals surface area (Å²) in [6.07, 6.45) is 0.167. The first-order chi connectivity index (χ1) is 9.27. The van der Waals surface area contributed by atoms with Crippen LogP contribution >= 0.6 is 15.9 Å². The molecule has 0 N–H and O–H groups in total. The van der Waals surface area contributed by atoms with Crippen LogP contribution in [0.4, 0.5) is 0 Å². The minimum absolute atomic E-state index is 0.0793. The largest absolute Gasteiger partial charge is 0.338 e. The number of carbonyl (C=O) groups is 1. The van der Waals surface area contributed by atoms with Crippen molar-refractivity contribution in [3.05, 3.63) is 34.1 Å². The van der Waals surface area contributed by atoms with E-state index in [1.807, 2.05) is 45.9 Å². The molecule has 5 heteroatoms. The lowest BCUT2D eigenvalue weighted by Gasteiger charge is -2.14. The van der Waals surface area contributed by atoms with Gasteiger partial charge in [0.25, 0.3) is 0 Å². The van der Waals surface area contributed by atoms with Gasteiger partial charge in [0.05, 0.1) is 6.42 Å². The van der Waals surface area contributed by atoms with Crippen molar-refractivity contribution in [1.82, 2.24) is 10.1 Å². The number of hydrogen-bond donors (Lipinski definition) is 0. The minimum Gasteiger partial charge on any atom is -0.338 e. The van der Waals surface area contributed by atoms with Gasteiger partial charge in [-0.15, -0.1) is 0 Å². The van der Waals surface area contributed by atoms with Gasteiger partial charge in [-0.1, -0.05) is 47.9 Å². The summed E-state index contributed by atoms with van der Waals surface area (Å²) in [5.41, 5.74) is 1.60. The molecule has 0 saturated heterocycles. The van der Waals surface area contributed by atoms with E-state index >= 15 is 0 Å². The van der Waals surface area contributed by atoms with Gasteiger partial charge in [0, 0.05) is 15.5 Å². The highest BCUT2D eigenvalue weighted by Gasteiger charge is 2.24. The third-order valence-corrected chi connectivity index (χ3v) is 3.64. The summed E-state index contributed by atoms with van der Waals surface area (Å²) < 4.78 is 6.08. The SMILES string of the molecule is Cc1ccc(-c2noc(CC(=O)C(C)(C)C)n2)c(Br)c1. The zero-order valence-corrected chi connectivity index (χ0v) is 13.6. The molecule has 20 heavy (non-hydrogen) atoms. The molecule has 1 aromatic carbocycles. The molecule has 0 aliphatic carbocycles. The molecule has 0 radical (unpaired) electrons. The quantitative estimate of drug-likeness (QED) is 0.850. The van der Waals surface area contributed by atoms with Crippen LogP contribution in [0.25, 0.3) is 11.4 Å². The lowest BCUT2D eigenvalue weighted by Crippen LogP contribution is -2.22. The molecule has 2 rings (SSSR count). The van der Waals surface area contributed by atoms with Crippen LogP contribution in [0.3, 0.4) is 0 Å². The van der Waals surface area contributed by atoms with Gasteiger partial charge in [-0.25, -0.2) is 0 Å². The molecule has 1 heterocycles. The summed E-state index contributed by atoms with van der Waals surface area (Å²) in [6.45, 7) is 7.65. The number of ketones is 1. The third-order valence-electron chi connectivity index (χ3n) is 2.98. The molecule has 0 unspecified atom stereocenters. The van der Waals surface area contributed by atoms with E-state index < -0.39 is 5.41 Å². The Kier molecular flexibility index (Phi) is 4.09. The second-order valence-corrected chi connectivity index (χ2v) is 6.70. The van der Waals surface area contributed by atoms with Crippen molar-refractivity contribution in [2.75, 3.05) is 0 Å². The van der Waals surface area contributed by atoms with E-state index in [0.717, 1.165) is 15.6 Å². The van der Waals surface area contributed by atoms with Gasteiger partial charge >= 0.3 is 0 Å². The van der Waals surface area contributed by atoms with E-state index in [9.17, 15) is 4.79 Å². The minimum atomic E-state index is -0.404. The molecule has 1 aromatic heterocycles. The number of Topliss-reactive ketones (excluding diaryl/α,β-unsaturated/α-hetero) is 1. The van der Waals surface area contributed by atoms with E-state index in [2.05, 4.69) is 26.1 Å². The number of benzene rings is 1. The highest BCUT2D eigenvalue weighted by atomic mass is 79.9. The van der Waals surface area contributed by atoms with E-state index in [4.69, 9.17) is 4.52 Å². The summed E-state index contributed by atoms with van der Waals surface area (Å²) >= 11 is 3.49. The second kappa shape index (κ2) is 5.48. The average Bonchev–Trinajstić information content (AvgIpc) is 2.76. The van der Waals surface area contributed by atoms with Crippen LogP contribution in [0, 0.1) is 12.3 Å². The molecule has 0 bridgehead atoms. The Labute approximate surface area is 126 Å². The van der Waals surface area contributed by atoms with Crippen molar-refractivity contribution in [3.8, 4) is 11.4 Å². The van der Waals surface area contributed by atoms with Gasteiger partial charge in [0.15, 0.2) is 0 Å². The van der Waals surface area contributed by atoms with Crippen LogP contribution in [-0.2, 0) is 11.2 Å².